The van der Waals surface area contributed by atoms with Crippen LogP contribution in [0.5, 0.6) is 0 Å². The predicted octanol–water partition coefficient (Wildman–Crippen LogP) is 2.02. The molecule has 30 heavy (non-hydrogen) atoms. The molecule has 1 amide bonds. The van der Waals surface area contributed by atoms with Gasteiger partial charge in [-0.3, -0.25) is 9.69 Å². The fourth-order valence-corrected chi connectivity index (χ4v) is 4.57. The van der Waals surface area contributed by atoms with Crippen LogP contribution < -0.4 is 5.32 Å². The van der Waals surface area contributed by atoms with Crippen molar-refractivity contribution in [3.63, 3.8) is 0 Å². The van der Waals surface area contributed by atoms with Crippen molar-refractivity contribution in [1.29, 1.82) is 5.26 Å². The van der Waals surface area contributed by atoms with Crippen LogP contribution in [0.4, 0.5) is 5.82 Å². The summed E-state index contributed by atoms with van der Waals surface area (Å²) in [5, 5.41) is 13.7. The highest BCUT2D eigenvalue weighted by Gasteiger charge is 2.29. The molecule has 2 aromatic rings. The lowest BCUT2D eigenvalue weighted by Gasteiger charge is -2.42. The van der Waals surface area contributed by atoms with Gasteiger partial charge in [0.05, 0.1) is 17.1 Å². The summed E-state index contributed by atoms with van der Waals surface area (Å²) in [6.07, 6.45) is 6.01. The van der Waals surface area contributed by atoms with Gasteiger partial charge in [-0.1, -0.05) is 0 Å². The summed E-state index contributed by atoms with van der Waals surface area (Å²) in [5.74, 6) is 0.896. The van der Waals surface area contributed by atoms with Gasteiger partial charge in [0.2, 0.25) is 5.91 Å². The van der Waals surface area contributed by atoms with Gasteiger partial charge >= 0.3 is 0 Å². The van der Waals surface area contributed by atoms with Crippen LogP contribution in [-0.2, 0) is 9.53 Å². The highest BCUT2D eigenvalue weighted by atomic mass is 16.5. The van der Waals surface area contributed by atoms with Crippen molar-refractivity contribution in [2.45, 2.75) is 37.8 Å². The molecule has 0 spiro atoms. The molecule has 2 heterocycles. The van der Waals surface area contributed by atoms with Crippen LogP contribution in [0, 0.1) is 11.3 Å². The topological polar surface area (TPSA) is 94.4 Å². The van der Waals surface area contributed by atoms with Gasteiger partial charge in [0.15, 0.2) is 0 Å². The Hall–Kier alpha value is -2.76. The second-order valence-electron chi connectivity index (χ2n) is 8.07. The SMILES string of the molecule is COCC(=O)N1CCN(C2CCC(Nc3ncnc4ccc(C#N)cc34)CC2)CC1. The number of aromatic nitrogens is 2. The van der Waals surface area contributed by atoms with E-state index in [2.05, 4.69) is 26.3 Å². The summed E-state index contributed by atoms with van der Waals surface area (Å²) in [7, 11) is 1.56. The number of carbonyl (C=O) groups is 1. The van der Waals surface area contributed by atoms with Crippen molar-refractivity contribution < 1.29 is 9.53 Å². The Bertz CT molecular complexity index is 927. The fourth-order valence-electron chi connectivity index (χ4n) is 4.57. The average molecular weight is 409 g/mol. The zero-order chi connectivity index (χ0) is 20.9. The number of fused-ring (bicyclic) bond motifs is 1. The lowest BCUT2D eigenvalue weighted by atomic mass is 9.89. The summed E-state index contributed by atoms with van der Waals surface area (Å²) in [6.45, 7) is 3.62. The Balaban J connectivity index is 1.31. The largest absolute Gasteiger partial charge is 0.375 e. The number of ether oxygens (including phenoxy) is 1. The first kappa shape index (κ1) is 20.5. The number of amides is 1. The smallest absolute Gasteiger partial charge is 0.248 e. The number of rotatable bonds is 5. The average Bonchev–Trinajstić information content (AvgIpc) is 2.80. The van der Waals surface area contributed by atoms with Crippen molar-refractivity contribution in [2.24, 2.45) is 0 Å². The van der Waals surface area contributed by atoms with Gasteiger partial charge in [0.25, 0.3) is 0 Å². The predicted molar refractivity (Wildman–Crippen MR) is 114 cm³/mol. The first-order valence-electron chi connectivity index (χ1n) is 10.6. The molecule has 1 aliphatic heterocycles. The summed E-state index contributed by atoms with van der Waals surface area (Å²) >= 11 is 0. The van der Waals surface area contributed by atoms with Crippen LogP contribution in [-0.4, -0.2) is 77.7 Å². The molecular weight excluding hydrogens is 380 g/mol. The van der Waals surface area contributed by atoms with E-state index in [4.69, 9.17) is 4.74 Å². The van der Waals surface area contributed by atoms with Crippen LogP contribution in [0.1, 0.15) is 31.2 Å². The quantitative estimate of drug-likeness (QED) is 0.809. The van der Waals surface area contributed by atoms with Gasteiger partial charge in [0, 0.05) is 50.8 Å². The first-order chi connectivity index (χ1) is 14.7. The second-order valence-corrected chi connectivity index (χ2v) is 8.07. The number of hydrogen-bond donors (Lipinski definition) is 1. The monoisotopic (exact) mass is 408 g/mol. The van der Waals surface area contributed by atoms with E-state index in [9.17, 15) is 10.1 Å². The molecular formula is C22H28N6O2. The molecule has 0 unspecified atom stereocenters. The minimum atomic E-state index is 0.0849. The summed E-state index contributed by atoms with van der Waals surface area (Å²) in [4.78, 5) is 25.2. The zero-order valence-electron chi connectivity index (χ0n) is 17.4. The van der Waals surface area contributed by atoms with Gasteiger partial charge in [-0.05, 0) is 43.9 Å². The van der Waals surface area contributed by atoms with Crippen molar-refractivity contribution in [3.8, 4) is 6.07 Å². The number of hydrogen-bond acceptors (Lipinski definition) is 7. The number of nitriles is 1. The third kappa shape index (κ3) is 4.53. The zero-order valence-corrected chi connectivity index (χ0v) is 17.4. The Morgan fingerprint density at radius 2 is 1.97 bits per heavy atom. The number of carbonyl (C=O) groups excluding carboxylic acids is 1. The van der Waals surface area contributed by atoms with Gasteiger partial charge in [0.1, 0.15) is 18.8 Å². The van der Waals surface area contributed by atoms with E-state index in [1.165, 1.54) is 0 Å². The van der Waals surface area contributed by atoms with E-state index >= 15 is 0 Å². The second kappa shape index (κ2) is 9.37. The number of anilines is 1. The molecule has 158 valence electrons. The third-order valence-electron chi connectivity index (χ3n) is 6.25. The number of methoxy groups -OCH3 is 1. The maximum Gasteiger partial charge on any atom is 0.248 e. The minimum Gasteiger partial charge on any atom is -0.375 e. The molecule has 0 bridgehead atoms. The van der Waals surface area contributed by atoms with Crippen LogP contribution in [0.2, 0.25) is 0 Å². The summed E-state index contributed by atoms with van der Waals surface area (Å²) in [5.41, 5.74) is 1.47. The lowest BCUT2D eigenvalue weighted by molar-refractivity contribution is -0.137. The Morgan fingerprint density at radius 3 is 2.67 bits per heavy atom. The number of nitrogens with one attached hydrogen (secondary N) is 1. The van der Waals surface area contributed by atoms with Crippen molar-refractivity contribution >= 4 is 22.6 Å². The molecule has 8 heteroatoms. The molecule has 2 aliphatic rings. The van der Waals surface area contributed by atoms with Crippen LogP contribution in [0.3, 0.4) is 0 Å². The molecule has 1 N–H and O–H groups in total. The van der Waals surface area contributed by atoms with Crippen LogP contribution in [0.25, 0.3) is 10.9 Å². The molecule has 4 rings (SSSR count). The van der Waals surface area contributed by atoms with Gasteiger partial charge < -0.3 is 15.0 Å². The third-order valence-corrected chi connectivity index (χ3v) is 6.25. The van der Waals surface area contributed by atoms with E-state index in [0.717, 1.165) is 68.6 Å². The number of piperazine rings is 1. The van der Waals surface area contributed by atoms with E-state index in [1.54, 1.807) is 19.5 Å². The molecule has 0 atom stereocenters. The summed E-state index contributed by atoms with van der Waals surface area (Å²) in [6, 6.07) is 8.65. The molecule has 1 aromatic heterocycles. The summed E-state index contributed by atoms with van der Waals surface area (Å²) < 4.78 is 4.96. The van der Waals surface area contributed by atoms with E-state index < -0.39 is 0 Å². The molecule has 2 fully saturated rings. The highest BCUT2D eigenvalue weighted by Crippen LogP contribution is 2.28. The van der Waals surface area contributed by atoms with Gasteiger partial charge in [-0.25, -0.2) is 9.97 Å². The molecule has 1 aromatic carbocycles. The van der Waals surface area contributed by atoms with Crippen molar-refractivity contribution in [2.75, 3.05) is 45.2 Å². The Morgan fingerprint density at radius 1 is 1.20 bits per heavy atom. The maximum absolute atomic E-state index is 12.0. The first-order valence-corrected chi connectivity index (χ1v) is 10.6. The maximum atomic E-state index is 12.0. The highest BCUT2D eigenvalue weighted by molar-refractivity contribution is 5.89. The number of nitrogens with zero attached hydrogens (tertiary/aromatic N) is 5. The van der Waals surface area contributed by atoms with Crippen molar-refractivity contribution in [1.82, 2.24) is 19.8 Å². The van der Waals surface area contributed by atoms with Crippen molar-refractivity contribution in [3.05, 3.63) is 30.1 Å². The van der Waals surface area contributed by atoms with Gasteiger partial charge in [-0.2, -0.15) is 5.26 Å². The van der Waals surface area contributed by atoms with E-state index in [0.29, 0.717) is 17.6 Å². The molecule has 1 saturated heterocycles. The Labute approximate surface area is 176 Å². The normalized spacial score (nSPS) is 22.6. The van der Waals surface area contributed by atoms with Crippen LogP contribution >= 0.6 is 0 Å². The van der Waals surface area contributed by atoms with Crippen LogP contribution in [0.15, 0.2) is 24.5 Å². The van der Waals surface area contributed by atoms with E-state index in [1.807, 2.05) is 17.0 Å². The lowest BCUT2D eigenvalue weighted by Crippen LogP contribution is -2.53. The molecule has 0 radical (unpaired) electrons. The minimum absolute atomic E-state index is 0.0849. The fraction of sp³-hybridized carbons (Fsp3) is 0.545. The molecule has 8 nitrogen and oxygen atoms in total. The Kier molecular flexibility index (Phi) is 6.41. The molecule has 1 aliphatic carbocycles. The number of benzene rings is 1. The standard InChI is InChI=1S/C22H28N6O2/c1-30-14-21(29)28-10-8-27(9-11-28)18-5-3-17(4-6-18)26-22-19-12-16(13-23)2-7-20(19)24-15-25-22/h2,7,12,15,17-18H,3-6,8-11,14H2,1H3,(H,24,25,26). The van der Waals surface area contributed by atoms with E-state index in [-0.39, 0.29) is 12.5 Å². The molecule has 1 saturated carbocycles. The van der Waals surface area contributed by atoms with Gasteiger partial charge in [-0.15, -0.1) is 0 Å².